The van der Waals surface area contributed by atoms with Crippen molar-refractivity contribution in [3.8, 4) is 0 Å². The van der Waals surface area contributed by atoms with Crippen LogP contribution in [0.25, 0.3) is 32.0 Å². The summed E-state index contributed by atoms with van der Waals surface area (Å²) in [5, 5.41) is 3.14. The number of aromatic nitrogens is 2. The molecule has 6 nitrogen and oxygen atoms in total. The van der Waals surface area contributed by atoms with E-state index in [1.807, 2.05) is 66.7 Å². The Balaban J connectivity index is 1.52. The van der Waals surface area contributed by atoms with Crippen molar-refractivity contribution in [3.63, 3.8) is 0 Å². The molecule has 0 fully saturated rings. The predicted molar refractivity (Wildman–Crippen MR) is 144 cm³/mol. The summed E-state index contributed by atoms with van der Waals surface area (Å²) in [6.07, 6.45) is 2.51. The number of anilines is 1. The molecule has 0 N–H and O–H groups in total. The fraction of sp³-hybridized carbons (Fsp3) is 0.103. The number of rotatable bonds is 5. The topological polar surface area (TPSA) is 76.3 Å². The quantitative estimate of drug-likeness (QED) is 0.207. The van der Waals surface area contributed by atoms with Crippen molar-refractivity contribution in [2.45, 2.75) is 19.9 Å². The van der Waals surface area contributed by atoms with Gasteiger partial charge in [-0.3, -0.25) is 14.7 Å². The molecule has 0 spiro atoms. The lowest BCUT2D eigenvalue weighted by molar-refractivity contribution is 0.0981. The third kappa shape index (κ3) is 3.83. The molecule has 0 aliphatic rings. The minimum atomic E-state index is -0.677. The molecule has 176 valence electrons. The number of pyridine rings is 1. The summed E-state index contributed by atoms with van der Waals surface area (Å²) in [6.45, 7) is 2.25. The first-order chi connectivity index (χ1) is 17.6. The minimum absolute atomic E-state index is 0.0373. The summed E-state index contributed by atoms with van der Waals surface area (Å²) in [4.78, 5) is 37.8. The van der Waals surface area contributed by atoms with E-state index in [1.165, 1.54) is 16.2 Å². The van der Waals surface area contributed by atoms with Crippen LogP contribution < -0.4 is 10.5 Å². The van der Waals surface area contributed by atoms with Gasteiger partial charge in [-0.2, -0.15) is 0 Å². The lowest BCUT2D eigenvalue weighted by Gasteiger charge is -2.19. The molecule has 36 heavy (non-hydrogen) atoms. The molecule has 0 atom stereocenters. The summed E-state index contributed by atoms with van der Waals surface area (Å²) in [7, 11) is 0. The van der Waals surface area contributed by atoms with Crippen LogP contribution in [-0.4, -0.2) is 15.9 Å². The summed E-state index contributed by atoms with van der Waals surface area (Å²) in [5.74, 6) is -0.471. The molecule has 3 heterocycles. The van der Waals surface area contributed by atoms with E-state index in [1.54, 1.807) is 18.3 Å². The normalized spacial score (nSPS) is 11.4. The van der Waals surface area contributed by atoms with Crippen LogP contribution in [0.3, 0.4) is 0 Å². The van der Waals surface area contributed by atoms with Gasteiger partial charge in [0.15, 0.2) is 5.13 Å². The molecule has 1 amide bonds. The van der Waals surface area contributed by atoms with E-state index in [4.69, 9.17) is 9.40 Å². The highest BCUT2D eigenvalue weighted by Gasteiger charge is 2.26. The minimum Gasteiger partial charge on any atom is -0.422 e. The van der Waals surface area contributed by atoms with Crippen LogP contribution >= 0.6 is 11.3 Å². The number of hydrogen-bond donors (Lipinski definition) is 0. The fourth-order valence-electron chi connectivity index (χ4n) is 4.44. The fourth-order valence-corrected chi connectivity index (χ4v) is 5.45. The van der Waals surface area contributed by atoms with Gasteiger partial charge in [0, 0.05) is 11.6 Å². The van der Waals surface area contributed by atoms with E-state index in [-0.39, 0.29) is 12.1 Å². The lowest BCUT2D eigenvalue weighted by atomic mass is 10.0. The van der Waals surface area contributed by atoms with Gasteiger partial charge in [-0.05, 0) is 53.1 Å². The van der Waals surface area contributed by atoms with Gasteiger partial charge in [0.2, 0.25) is 0 Å². The third-order valence-electron chi connectivity index (χ3n) is 6.27. The second kappa shape index (κ2) is 9.02. The average molecular weight is 492 g/mol. The Morgan fingerprint density at radius 3 is 2.67 bits per heavy atom. The van der Waals surface area contributed by atoms with Crippen LogP contribution in [0.5, 0.6) is 0 Å². The Morgan fingerprint density at radius 1 is 0.972 bits per heavy atom. The monoisotopic (exact) mass is 491 g/mol. The zero-order valence-electron chi connectivity index (χ0n) is 19.5. The van der Waals surface area contributed by atoms with E-state index >= 15 is 0 Å². The van der Waals surface area contributed by atoms with Gasteiger partial charge in [0.05, 0.1) is 22.5 Å². The number of fused-ring (bicyclic) bond motifs is 4. The van der Waals surface area contributed by atoms with Crippen molar-refractivity contribution in [2.75, 3.05) is 4.90 Å². The first-order valence-corrected chi connectivity index (χ1v) is 12.5. The highest BCUT2D eigenvalue weighted by molar-refractivity contribution is 7.22. The van der Waals surface area contributed by atoms with Crippen molar-refractivity contribution >= 4 is 54.3 Å². The maximum atomic E-state index is 14.0. The van der Waals surface area contributed by atoms with Gasteiger partial charge < -0.3 is 4.42 Å². The van der Waals surface area contributed by atoms with Crippen molar-refractivity contribution in [1.82, 2.24) is 9.97 Å². The molecule has 6 aromatic rings. The van der Waals surface area contributed by atoms with Gasteiger partial charge >= 0.3 is 5.63 Å². The highest BCUT2D eigenvalue weighted by atomic mass is 32.1. The third-order valence-corrected chi connectivity index (χ3v) is 7.31. The second-order valence-electron chi connectivity index (χ2n) is 8.47. The van der Waals surface area contributed by atoms with Crippen LogP contribution in [0, 0.1) is 0 Å². The second-order valence-corrected chi connectivity index (χ2v) is 9.48. The number of carbonyl (C=O) groups excluding carboxylic acids is 1. The van der Waals surface area contributed by atoms with Crippen LogP contribution in [0.15, 0.2) is 94.3 Å². The molecule has 0 aliphatic carbocycles. The van der Waals surface area contributed by atoms with Crippen LogP contribution in [0.2, 0.25) is 0 Å². The molecular formula is C29H21N3O3S. The number of amides is 1. The average Bonchev–Trinajstić information content (AvgIpc) is 3.35. The molecule has 0 saturated heterocycles. The van der Waals surface area contributed by atoms with E-state index in [0.29, 0.717) is 21.8 Å². The highest BCUT2D eigenvalue weighted by Crippen LogP contribution is 2.33. The Morgan fingerprint density at radius 2 is 1.83 bits per heavy atom. The van der Waals surface area contributed by atoms with E-state index in [0.717, 1.165) is 33.0 Å². The lowest BCUT2D eigenvalue weighted by Crippen LogP contribution is -2.34. The Hall–Kier alpha value is -4.36. The van der Waals surface area contributed by atoms with E-state index in [9.17, 15) is 9.59 Å². The molecule has 3 aromatic heterocycles. The van der Waals surface area contributed by atoms with Crippen LogP contribution in [0.4, 0.5) is 5.13 Å². The van der Waals surface area contributed by atoms with Crippen molar-refractivity contribution < 1.29 is 9.21 Å². The number of nitrogens with zero attached hydrogens (tertiary/aromatic N) is 3. The first-order valence-electron chi connectivity index (χ1n) is 11.7. The summed E-state index contributed by atoms with van der Waals surface area (Å²) in [6, 6.07) is 24.7. The largest absolute Gasteiger partial charge is 0.422 e. The van der Waals surface area contributed by atoms with E-state index < -0.39 is 11.5 Å². The Bertz CT molecular complexity index is 1810. The molecule has 0 unspecified atom stereocenters. The zero-order chi connectivity index (χ0) is 24.6. The van der Waals surface area contributed by atoms with Gasteiger partial charge in [-0.25, -0.2) is 9.78 Å². The number of para-hydroxylation sites is 1. The summed E-state index contributed by atoms with van der Waals surface area (Å²) < 4.78 is 6.60. The maximum Gasteiger partial charge on any atom is 0.349 e. The summed E-state index contributed by atoms with van der Waals surface area (Å²) in [5.41, 5.74) is 2.40. The van der Waals surface area contributed by atoms with Crippen molar-refractivity contribution in [3.05, 3.63) is 112 Å². The van der Waals surface area contributed by atoms with Crippen LogP contribution in [0.1, 0.15) is 28.5 Å². The molecular weight excluding hydrogens is 470 g/mol. The zero-order valence-corrected chi connectivity index (χ0v) is 20.3. The smallest absolute Gasteiger partial charge is 0.349 e. The molecule has 0 aliphatic heterocycles. The maximum absolute atomic E-state index is 14.0. The Labute approximate surface area is 210 Å². The Kier molecular flexibility index (Phi) is 5.54. The molecule has 0 saturated carbocycles. The molecule has 6 rings (SSSR count). The molecule has 3 aromatic carbocycles. The number of thiazole rings is 1. The van der Waals surface area contributed by atoms with Gasteiger partial charge in [0.25, 0.3) is 5.91 Å². The standard InChI is InChI=1S/C29H21N3O3S/c1-2-18-9-7-12-25-26(18)31-29(36-25)32(17-20-10-5-6-15-30-20)27(33)23-16-22-21-11-4-3-8-19(21)13-14-24(22)35-28(23)34/h3-16H,2,17H2,1H3. The van der Waals surface area contributed by atoms with Crippen LogP contribution in [-0.2, 0) is 13.0 Å². The molecule has 0 radical (unpaired) electrons. The molecule has 7 heteroatoms. The van der Waals surface area contributed by atoms with E-state index in [2.05, 4.69) is 11.9 Å². The van der Waals surface area contributed by atoms with Crippen molar-refractivity contribution in [2.24, 2.45) is 0 Å². The van der Waals surface area contributed by atoms with Gasteiger partial charge in [0.1, 0.15) is 11.1 Å². The first kappa shape index (κ1) is 22.1. The number of aryl methyl sites for hydroxylation is 1. The molecule has 0 bridgehead atoms. The number of hydrogen-bond acceptors (Lipinski definition) is 6. The van der Waals surface area contributed by atoms with Gasteiger partial charge in [-0.1, -0.05) is 66.8 Å². The number of benzene rings is 3. The van der Waals surface area contributed by atoms with Gasteiger partial charge in [-0.15, -0.1) is 0 Å². The van der Waals surface area contributed by atoms with Crippen molar-refractivity contribution in [1.29, 1.82) is 0 Å². The summed E-state index contributed by atoms with van der Waals surface area (Å²) >= 11 is 1.42. The SMILES string of the molecule is CCc1cccc2sc(N(Cc3ccccn3)C(=O)c3cc4c(ccc5ccccc54)oc3=O)nc12. The predicted octanol–water partition coefficient (Wildman–Crippen LogP) is 6.36. The number of carbonyl (C=O) groups is 1.